The van der Waals surface area contributed by atoms with E-state index in [-0.39, 0.29) is 5.75 Å². The van der Waals surface area contributed by atoms with E-state index in [0.717, 1.165) is 11.5 Å². The van der Waals surface area contributed by atoms with Crippen molar-refractivity contribution in [3.05, 3.63) is 0 Å². The fraction of sp³-hybridized carbons (Fsp3) is 0.917. The Balaban J connectivity index is 2.26. The van der Waals surface area contributed by atoms with Crippen LogP contribution < -0.4 is 10.6 Å². The largest absolute Gasteiger partial charge is 0.380 e. The van der Waals surface area contributed by atoms with Crippen LogP contribution in [0.5, 0.6) is 0 Å². The molecule has 0 aliphatic carbocycles. The zero-order chi connectivity index (χ0) is 15.6. The van der Waals surface area contributed by atoms with Crippen LogP contribution in [0, 0.1) is 0 Å². The van der Waals surface area contributed by atoms with Gasteiger partial charge in [-0.3, -0.25) is 4.99 Å². The predicted octanol–water partition coefficient (Wildman–Crippen LogP) is -0.433. The van der Waals surface area contributed by atoms with Crippen molar-refractivity contribution in [1.82, 2.24) is 14.9 Å². The smallest absolute Gasteiger partial charge is 0.215 e. The van der Waals surface area contributed by atoms with Gasteiger partial charge in [0.25, 0.3) is 0 Å². The van der Waals surface area contributed by atoms with Crippen LogP contribution in [-0.2, 0) is 14.8 Å². The van der Waals surface area contributed by atoms with Gasteiger partial charge in [0.1, 0.15) is 0 Å². The Hall–Kier alpha value is -0.510. The van der Waals surface area contributed by atoms with E-state index in [0.29, 0.717) is 45.4 Å². The van der Waals surface area contributed by atoms with Crippen molar-refractivity contribution in [3.8, 4) is 0 Å². The van der Waals surface area contributed by atoms with E-state index in [1.807, 2.05) is 6.92 Å². The molecule has 0 radical (unpaired) electrons. The van der Waals surface area contributed by atoms with Gasteiger partial charge in [-0.2, -0.15) is 11.8 Å². The molecule has 21 heavy (non-hydrogen) atoms. The highest BCUT2D eigenvalue weighted by molar-refractivity contribution is 7.99. The lowest BCUT2D eigenvalue weighted by molar-refractivity contribution is 0.152. The quantitative estimate of drug-likeness (QED) is 0.355. The maximum Gasteiger partial charge on any atom is 0.215 e. The lowest BCUT2D eigenvalue weighted by Crippen LogP contribution is -2.44. The van der Waals surface area contributed by atoms with Gasteiger partial charge in [-0.25, -0.2) is 12.7 Å². The van der Waals surface area contributed by atoms with Crippen LogP contribution in [0.2, 0.25) is 0 Å². The second-order valence-corrected chi connectivity index (χ2v) is 7.76. The zero-order valence-electron chi connectivity index (χ0n) is 12.8. The van der Waals surface area contributed by atoms with Gasteiger partial charge in [-0.05, 0) is 6.92 Å². The summed E-state index contributed by atoms with van der Waals surface area (Å²) in [6, 6.07) is 0. The first kappa shape index (κ1) is 18.5. The molecule has 0 atom stereocenters. The van der Waals surface area contributed by atoms with E-state index in [2.05, 4.69) is 15.6 Å². The second kappa shape index (κ2) is 10.3. The zero-order valence-corrected chi connectivity index (χ0v) is 14.4. The van der Waals surface area contributed by atoms with E-state index in [9.17, 15) is 8.42 Å². The maximum absolute atomic E-state index is 12.2. The second-order valence-electron chi connectivity index (χ2n) is 4.45. The Bertz CT molecular complexity index is 409. The van der Waals surface area contributed by atoms with Crippen molar-refractivity contribution in [2.75, 3.05) is 63.7 Å². The third-order valence-electron chi connectivity index (χ3n) is 2.98. The molecule has 7 nitrogen and oxygen atoms in total. The summed E-state index contributed by atoms with van der Waals surface area (Å²) in [5.41, 5.74) is 0. The lowest BCUT2D eigenvalue weighted by atomic mass is 10.6. The van der Waals surface area contributed by atoms with Gasteiger partial charge >= 0.3 is 0 Å². The summed E-state index contributed by atoms with van der Waals surface area (Å²) in [5.74, 6) is 2.45. The van der Waals surface area contributed by atoms with E-state index in [1.54, 1.807) is 23.1 Å². The Morgan fingerprint density at radius 3 is 2.57 bits per heavy atom. The molecule has 0 saturated carbocycles. The van der Waals surface area contributed by atoms with Crippen molar-refractivity contribution in [2.24, 2.45) is 4.99 Å². The molecule has 0 aromatic carbocycles. The van der Waals surface area contributed by atoms with Gasteiger partial charge in [0.15, 0.2) is 5.96 Å². The first-order valence-corrected chi connectivity index (χ1v) is 9.94. The van der Waals surface area contributed by atoms with Crippen LogP contribution in [0.1, 0.15) is 6.92 Å². The van der Waals surface area contributed by atoms with Gasteiger partial charge in [0, 0.05) is 51.3 Å². The van der Waals surface area contributed by atoms with Crippen molar-refractivity contribution >= 4 is 27.7 Å². The fourth-order valence-corrected chi connectivity index (χ4v) is 4.35. The molecule has 1 heterocycles. The van der Waals surface area contributed by atoms with Gasteiger partial charge < -0.3 is 15.4 Å². The topological polar surface area (TPSA) is 83.0 Å². The Morgan fingerprint density at radius 2 is 1.95 bits per heavy atom. The summed E-state index contributed by atoms with van der Waals surface area (Å²) in [4.78, 5) is 4.04. The molecule has 0 spiro atoms. The standard InChI is InChI=1S/C12H26N4O3S2/c1-3-19-8-4-14-12(13-2)15-5-11-21(17,18)16-6-9-20-10-7-16/h3-11H2,1-2H3,(H2,13,14,15). The lowest BCUT2D eigenvalue weighted by Gasteiger charge is -2.25. The number of rotatable bonds is 8. The SMILES string of the molecule is CCOCCNC(=NC)NCCS(=O)(=O)N1CCSCC1. The summed E-state index contributed by atoms with van der Waals surface area (Å²) in [6.45, 7) is 5.45. The molecule has 0 amide bonds. The van der Waals surface area contributed by atoms with Crippen LogP contribution in [-0.4, -0.2) is 82.4 Å². The van der Waals surface area contributed by atoms with Crippen molar-refractivity contribution in [1.29, 1.82) is 0 Å². The Morgan fingerprint density at radius 1 is 1.29 bits per heavy atom. The summed E-state index contributed by atoms with van der Waals surface area (Å²) < 4.78 is 31.1. The highest BCUT2D eigenvalue weighted by Crippen LogP contribution is 2.12. The number of aliphatic imine (C=N–C) groups is 1. The molecule has 1 aliphatic heterocycles. The Labute approximate surface area is 132 Å². The van der Waals surface area contributed by atoms with Crippen LogP contribution in [0.3, 0.4) is 0 Å². The van der Waals surface area contributed by atoms with Crippen molar-refractivity contribution < 1.29 is 13.2 Å². The van der Waals surface area contributed by atoms with Crippen LogP contribution >= 0.6 is 11.8 Å². The maximum atomic E-state index is 12.2. The third-order valence-corrected chi connectivity index (χ3v) is 5.80. The van der Waals surface area contributed by atoms with Crippen LogP contribution in [0.15, 0.2) is 4.99 Å². The predicted molar refractivity (Wildman–Crippen MR) is 88.5 cm³/mol. The minimum Gasteiger partial charge on any atom is -0.380 e. The number of sulfonamides is 1. The molecule has 124 valence electrons. The molecular weight excluding hydrogens is 312 g/mol. The average molecular weight is 338 g/mol. The number of guanidine groups is 1. The monoisotopic (exact) mass is 338 g/mol. The van der Waals surface area contributed by atoms with E-state index in [1.165, 1.54) is 0 Å². The van der Waals surface area contributed by atoms with Crippen LogP contribution in [0.4, 0.5) is 0 Å². The summed E-state index contributed by atoms with van der Waals surface area (Å²) in [5, 5.41) is 6.09. The molecule has 0 aromatic heterocycles. The van der Waals surface area contributed by atoms with Crippen molar-refractivity contribution in [3.63, 3.8) is 0 Å². The molecule has 9 heteroatoms. The first-order valence-electron chi connectivity index (χ1n) is 7.18. The highest BCUT2D eigenvalue weighted by Gasteiger charge is 2.23. The normalized spacial score (nSPS) is 17.7. The number of ether oxygens (including phenoxy) is 1. The molecule has 1 rings (SSSR count). The van der Waals surface area contributed by atoms with Gasteiger partial charge in [0.2, 0.25) is 10.0 Å². The first-order chi connectivity index (χ1) is 10.1. The molecule has 0 unspecified atom stereocenters. The number of thioether (sulfide) groups is 1. The molecular formula is C12H26N4O3S2. The molecule has 0 aromatic rings. The van der Waals surface area contributed by atoms with Gasteiger partial charge in [-0.1, -0.05) is 0 Å². The van der Waals surface area contributed by atoms with E-state index in [4.69, 9.17) is 4.74 Å². The van der Waals surface area contributed by atoms with E-state index < -0.39 is 10.0 Å². The molecule has 1 fully saturated rings. The minimum atomic E-state index is -3.17. The molecule has 1 saturated heterocycles. The molecule has 2 N–H and O–H groups in total. The van der Waals surface area contributed by atoms with Crippen molar-refractivity contribution in [2.45, 2.75) is 6.92 Å². The number of nitrogens with zero attached hydrogens (tertiary/aromatic N) is 2. The molecule has 1 aliphatic rings. The average Bonchev–Trinajstić information content (AvgIpc) is 2.50. The van der Waals surface area contributed by atoms with Gasteiger partial charge in [-0.15, -0.1) is 0 Å². The summed E-state index contributed by atoms with van der Waals surface area (Å²) >= 11 is 1.80. The van der Waals surface area contributed by atoms with Gasteiger partial charge in [0.05, 0.1) is 12.4 Å². The molecule has 0 bridgehead atoms. The summed E-state index contributed by atoms with van der Waals surface area (Å²) in [6.07, 6.45) is 0. The fourth-order valence-electron chi connectivity index (χ4n) is 1.86. The van der Waals surface area contributed by atoms with E-state index >= 15 is 0 Å². The number of hydrogen-bond donors (Lipinski definition) is 2. The van der Waals surface area contributed by atoms with Crippen LogP contribution in [0.25, 0.3) is 0 Å². The third kappa shape index (κ3) is 7.35. The highest BCUT2D eigenvalue weighted by atomic mass is 32.2. The Kier molecular flexibility index (Phi) is 9.05. The minimum absolute atomic E-state index is 0.0871. The number of nitrogens with one attached hydrogen (secondary N) is 2. The number of hydrogen-bond acceptors (Lipinski definition) is 5. The summed E-state index contributed by atoms with van der Waals surface area (Å²) in [7, 11) is -1.51.